The van der Waals surface area contributed by atoms with Crippen molar-refractivity contribution in [1.82, 2.24) is 25.5 Å². The number of hydrogen-bond donors (Lipinski definition) is 1. The van der Waals surface area contributed by atoms with Crippen molar-refractivity contribution in [1.29, 1.82) is 0 Å². The lowest BCUT2D eigenvalue weighted by Crippen LogP contribution is -2.43. The molecule has 1 aliphatic rings. The van der Waals surface area contributed by atoms with Crippen molar-refractivity contribution in [3.8, 4) is 11.3 Å². The van der Waals surface area contributed by atoms with E-state index in [9.17, 15) is 9.18 Å². The number of fused-ring (bicyclic) bond motifs is 3. The van der Waals surface area contributed by atoms with Crippen LogP contribution in [0.5, 0.6) is 0 Å². The second-order valence-electron chi connectivity index (χ2n) is 6.74. The monoisotopic (exact) mass is 389 g/mol. The molecule has 7 nitrogen and oxygen atoms in total. The van der Waals surface area contributed by atoms with Crippen molar-refractivity contribution in [3.63, 3.8) is 0 Å². The van der Waals surface area contributed by atoms with E-state index in [2.05, 4.69) is 25.5 Å². The number of morpholine rings is 1. The molecule has 0 spiro atoms. The molecule has 0 amide bonds. The molecule has 1 fully saturated rings. The third-order valence-electron chi connectivity index (χ3n) is 5.00. The van der Waals surface area contributed by atoms with Gasteiger partial charge in [-0.2, -0.15) is 5.10 Å². The molecular weight excluding hydrogens is 373 g/mol. The number of nitrogens with one attached hydrogen (secondary N) is 1. The SMILES string of the molecule is O=C(c1cc2c(-c3ccccc3F)nccnc2c2cnnc12)C1CNCCO1. The second-order valence-corrected chi connectivity index (χ2v) is 6.74. The highest BCUT2D eigenvalue weighted by Crippen LogP contribution is 2.33. The lowest BCUT2D eigenvalue weighted by molar-refractivity contribution is 0.0270. The van der Waals surface area contributed by atoms with Crippen LogP contribution in [0.2, 0.25) is 0 Å². The molecule has 3 heterocycles. The van der Waals surface area contributed by atoms with E-state index in [4.69, 9.17) is 4.74 Å². The van der Waals surface area contributed by atoms with Gasteiger partial charge in [-0.05, 0) is 18.2 Å². The van der Waals surface area contributed by atoms with Gasteiger partial charge in [0.05, 0.1) is 24.0 Å². The van der Waals surface area contributed by atoms with Gasteiger partial charge in [0.25, 0.3) is 0 Å². The van der Waals surface area contributed by atoms with E-state index >= 15 is 0 Å². The van der Waals surface area contributed by atoms with Gasteiger partial charge in [0.1, 0.15) is 17.4 Å². The number of halogens is 1. The van der Waals surface area contributed by atoms with E-state index in [1.807, 2.05) is 0 Å². The third-order valence-corrected chi connectivity index (χ3v) is 5.00. The summed E-state index contributed by atoms with van der Waals surface area (Å²) in [5, 5.41) is 12.5. The van der Waals surface area contributed by atoms with Crippen LogP contribution >= 0.6 is 0 Å². The van der Waals surface area contributed by atoms with Crippen LogP contribution in [0.3, 0.4) is 0 Å². The Morgan fingerprint density at radius 2 is 2.00 bits per heavy atom. The summed E-state index contributed by atoms with van der Waals surface area (Å²) in [4.78, 5) is 22.1. The predicted molar refractivity (Wildman–Crippen MR) is 105 cm³/mol. The Bertz CT molecular complexity index is 1240. The average Bonchev–Trinajstić information content (AvgIpc) is 3.15. The van der Waals surface area contributed by atoms with Crippen molar-refractivity contribution < 1.29 is 13.9 Å². The van der Waals surface area contributed by atoms with Gasteiger partial charge in [-0.1, -0.05) is 12.1 Å². The molecule has 29 heavy (non-hydrogen) atoms. The largest absolute Gasteiger partial charge is 0.367 e. The van der Waals surface area contributed by atoms with Crippen LogP contribution in [-0.4, -0.2) is 51.7 Å². The highest BCUT2D eigenvalue weighted by atomic mass is 19.1. The summed E-state index contributed by atoms with van der Waals surface area (Å²) >= 11 is 0. The van der Waals surface area contributed by atoms with Crippen molar-refractivity contribution in [2.75, 3.05) is 19.7 Å². The van der Waals surface area contributed by atoms with Gasteiger partial charge in [0.2, 0.25) is 0 Å². The number of Topliss-reactive ketones (excluding diaryl/α,β-unsaturated/α-hetero) is 1. The lowest BCUT2D eigenvalue weighted by atomic mass is 9.97. The first kappa shape index (κ1) is 17.7. The Kier molecular flexibility index (Phi) is 4.42. The maximum absolute atomic E-state index is 14.5. The Morgan fingerprint density at radius 3 is 2.83 bits per heavy atom. The molecule has 2 aromatic heterocycles. The molecule has 0 aliphatic carbocycles. The minimum absolute atomic E-state index is 0.199. The zero-order valence-electron chi connectivity index (χ0n) is 15.3. The minimum atomic E-state index is -0.614. The molecule has 8 heteroatoms. The fourth-order valence-corrected chi connectivity index (χ4v) is 3.63. The molecule has 1 atom stereocenters. The average molecular weight is 389 g/mol. The summed E-state index contributed by atoms with van der Waals surface area (Å²) in [6.07, 6.45) is 3.99. The van der Waals surface area contributed by atoms with E-state index in [-0.39, 0.29) is 5.78 Å². The summed E-state index contributed by atoms with van der Waals surface area (Å²) in [6.45, 7) is 1.58. The highest BCUT2D eigenvalue weighted by Gasteiger charge is 2.27. The van der Waals surface area contributed by atoms with Crippen LogP contribution in [0.1, 0.15) is 10.4 Å². The van der Waals surface area contributed by atoms with Crippen molar-refractivity contribution in [3.05, 3.63) is 60.3 Å². The van der Waals surface area contributed by atoms with Crippen LogP contribution in [0.25, 0.3) is 33.1 Å². The molecule has 1 unspecified atom stereocenters. The van der Waals surface area contributed by atoms with E-state index in [1.54, 1.807) is 30.5 Å². The van der Waals surface area contributed by atoms with E-state index in [0.717, 1.165) is 0 Å². The number of carbonyl (C=O) groups is 1. The molecule has 1 aliphatic heterocycles. The standard InChI is InChI=1S/C21H16FN5O2/c22-16-4-2-1-3-12(16)18-13-9-14(21(28)17-11-23-7-8-29-17)20-15(10-26-27-20)19(13)25-6-5-24-18/h1-6,9-10,17,23H,7-8,11H2. The number of rotatable bonds is 3. The number of aromatic nitrogens is 4. The van der Waals surface area contributed by atoms with Crippen LogP contribution in [0, 0.1) is 5.82 Å². The van der Waals surface area contributed by atoms with Crippen molar-refractivity contribution in [2.24, 2.45) is 0 Å². The Morgan fingerprint density at radius 1 is 1.14 bits per heavy atom. The van der Waals surface area contributed by atoms with Gasteiger partial charge in [0, 0.05) is 47.4 Å². The lowest BCUT2D eigenvalue weighted by Gasteiger charge is -2.22. The molecule has 144 valence electrons. The van der Waals surface area contributed by atoms with E-state index in [1.165, 1.54) is 18.5 Å². The van der Waals surface area contributed by atoms with Gasteiger partial charge >= 0.3 is 0 Å². The maximum Gasteiger partial charge on any atom is 0.195 e. The fourth-order valence-electron chi connectivity index (χ4n) is 3.63. The Labute approximate surface area is 165 Å². The Balaban J connectivity index is 1.81. The number of carbonyl (C=O) groups excluding carboxylic acids is 1. The first-order chi connectivity index (χ1) is 14.2. The van der Waals surface area contributed by atoms with Gasteiger partial charge in [-0.25, -0.2) is 4.39 Å². The number of benzene rings is 2. The van der Waals surface area contributed by atoms with Gasteiger partial charge in [-0.3, -0.25) is 14.8 Å². The normalized spacial score (nSPS) is 16.9. The van der Waals surface area contributed by atoms with Crippen molar-refractivity contribution in [2.45, 2.75) is 6.10 Å². The molecular formula is C21H16FN5O2. The zero-order chi connectivity index (χ0) is 19.8. The van der Waals surface area contributed by atoms with Gasteiger partial charge < -0.3 is 10.1 Å². The first-order valence-electron chi connectivity index (χ1n) is 9.24. The van der Waals surface area contributed by atoms with E-state index < -0.39 is 11.9 Å². The molecule has 0 bridgehead atoms. The van der Waals surface area contributed by atoms with Crippen LogP contribution in [-0.2, 0) is 4.74 Å². The van der Waals surface area contributed by atoms with Crippen LogP contribution < -0.4 is 5.32 Å². The molecule has 1 N–H and O–H groups in total. The third kappa shape index (κ3) is 3.02. The summed E-state index contributed by atoms with van der Waals surface area (Å²) < 4.78 is 20.2. The number of hydrogen-bond acceptors (Lipinski definition) is 7. The number of nitrogens with zero attached hydrogens (tertiary/aromatic N) is 4. The first-order valence-corrected chi connectivity index (χ1v) is 9.24. The summed E-state index contributed by atoms with van der Waals surface area (Å²) in [6, 6.07) is 8.06. The maximum atomic E-state index is 14.5. The highest BCUT2D eigenvalue weighted by molar-refractivity contribution is 6.18. The minimum Gasteiger partial charge on any atom is -0.367 e. The van der Waals surface area contributed by atoms with Crippen LogP contribution in [0.4, 0.5) is 4.39 Å². The summed E-state index contributed by atoms with van der Waals surface area (Å²) in [5.74, 6) is -0.602. The topological polar surface area (TPSA) is 89.9 Å². The second kappa shape index (κ2) is 7.23. The molecule has 1 saturated heterocycles. The van der Waals surface area contributed by atoms with E-state index in [0.29, 0.717) is 58.3 Å². The van der Waals surface area contributed by atoms with Crippen LogP contribution in [0.15, 0.2) is 48.9 Å². The molecule has 5 rings (SSSR count). The quantitative estimate of drug-likeness (QED) is 0.539. The summed E-state index contributed by atoms with van der Waals surface area (Å²) in [5.41, 5.74) is 2.10. The van der Waals surface area contributed by atoms with Crippen molar-refractivity contribution >= 4 is 27.6 Å². The summed E-state index contributed by atoms with van der Waals surface area (Å²) in [7, 11) is 0. The zero-order valence-corrected chi connectivity index (χ0v) is 15.3. The Hall–Kier alpha value is -3.36. The molecule has 0 radical (unpaired) electrons. The van der Waals surface area contributed by atoms with Gasteiger partial charge in [0.15, 0.2) is 5.78 Å². The molecule has 2 aromatic carbocycles. The number of ketones is 1. The fraction of sp³-hybridized carbons (Fsp3) is 0.190. The van der Waals surface area contributed by atoms with Gasteiger partial charge in [-0.15, -0.1) is 5.10 Å². The number of ether oxygens (including phenoxy) is 1. The molecule has 0 saturated carbocycles. The predicted octanol–water partition coefficient (Wildman–Crippen LogP) is 2.55. The smallest absolute Gasteiger partial charge is 0.195 e. The molecule has 4 aromatic rings.